The van der Waals surface area contributed by atoms with Gasteiger partial charge in [-0.05, 0) is 50.1 Å². The van der Waals surface area contributed by atoms with Gasteiger partial charge in [-0.25, -0.2) is 4.98 Å². The Labute approximate surface area is 113 Å². The van der Waals surface area contributed by atoms with Crippen LogP contribution in [0.25, 0.3) is 5.69 Å². The molecule has 2 heterocycles. The van der Waals surface area contributed by atoms with Crippen LogP contribution in [-0.4, -0.2) is 23.2 Å². The van der Waals surface area contributed by atoms with Crippen LogP contribution in [0.4, 0.5) is 0 Å². The van der Waals surface area contributed by atoms with Gasteiger partial charge in [0, 0.05) is 6.04 Å². The van der Waals surface area contributed by atoms with Crippen molar-refractivity contribution in [2.45, 2.75) is 25.8 Å². The third-order valence-corrected chi connectivity index (χ3v) is 3.75. The monoisotopic (exact) mass is 257 g/mol. The molecule has 0 amide bonds. The Morgan fingerprint density at radius 3 is 3.00 bits per heavy atom. The molecule has 0 radical (unpaired) electrons. The molecule has 3 rings (SSSR count). The molecule has 1 aromatic heterocycles. The number of aryl methyl sites for hydroxylation is 1. The van der Waals surface area contributed by atoms with E-state index in [4.69, 9.17) is 4.74 Å². The highest BCUT2D eigenvalue weighted by Gasteiger charge is 2.20. The minimum Gasteiger partial charge on any atom is -0.497 e. The first-order valence-corrected chi connectivity index (χ1v) is 6.70. The lowest BCUT2D eigenvalue weighted by Gasteiger charge is -2.16. The summed E-state index contributed by atoms with van der Waals surface area (Å²) in [5.41, 5.74) is 3.60. The number of benzene rings is 1. The standard InChI is InChI=1S/C15H19N3O/c1-11-8-12(19-2)5-6-14(11)18-10-16-9-15(18)13-4-3-7-17-13/h5-6,8-10,13,17H,3-4,7H2,1-2H3. The summed E-state index contributed by atoms with van der Waals surface area (Å²) in [6, 6.07) is 6.56. The molecule has 1 saturated heterocycles. The van der Waals surface area contributed by atoms with Gasteiger partial charge in [0.25, 0.3) is 0 Å². The van der Waals surface area contributed by atoms with Gasteiger partial charge in [-0.2, -0.15) is 0 Å². The number of hydrogen-bond donors (Lipinski definition) is 1. The highest BCUT2D eigenvalue weighted by Crippen LogP contribution is 2.27. The minimum atomic E-state index is 0.420. The SMILES string of the molecule is COc1ccc(-n2cncc2C2CCCN2)c(C)c1. The Kier molecular flexibility index (Phi) is 3.25. The Balaban J connectivity index is 2.00. The molecule has 0 bridgehead atoms. The molecule has 19 heavy (non-hydrogen) atoms. The van der Waals surface area contributed by atoms with Crippen molar-refractivity contribution in [2.75, 3.05) is 13.7 Å². The number of nitrogens with one attached hydrogen (secondary N) is 1. The molecule has 0 aliphatic carbocycles. The largest absolute Gasteiger partial charge is 0.497 e. The maximum atomic E-state index is 5.26. The molecule has 0 spiro atoms. The van der Waals surface area contributed by atoms with Crippen molar-refractivity contribution in [3.8, 4) is 11.4 Å². The topological polar surface area (TPSA) is 39.1 Å². The Bertz CT molecular complexity index is 571. The predicted molar refractivity (Wildman–Crippen MR) is 74.8 cm³/mol. The first-order chi connectivity index (χ1) is 9.29. The molecule has 1 N–H and O–H groups in total. The molecule has 1 fully saturated rings. The second-order valence-corrected chi connectivity index (χ2v) is 4.99. The Hall–Kier alpha value is -1.81. The van der Waals surface area contributed by atoms with Crippen LogP contribution in [0.1, 0.15) is 30.1 Å². The zero-order chi connectivity index (χ0) is 13.2. The van der Waals surface area contributed by atoms with Crippen molar-refractivity contribution in [1.29, 1.82) is 0 Å². The van der Waals surface area contributed by atoms with Crippen LogP contribution in [0, 0.1) is 6.92 Å². The van der Waals surface area contributed by atoms with E-state index in [9.17, 15) is 0 Å². The molecule has 1 atom stereocenters. The van der Waals surface area contributed by atoms with Crippen LogP contribution in [0.2, 0.25) is 0 Å². The van der Waals surface area contributed by atoms with Gasteiger partial charge >= 0.3 is 0 Å². The molecule has 4 nitrogen and oxygen atoms in total. The van der Waals surface area contributed by atoms with Gasteiger partial charge in [0.2, 0.25) is 0 Å². The zero-order valence-corrected chi connectivity index (χ0v) is 11.4. The smallest absolute Gasteiger partial charge is 0.119 e. The van der Waals surface area contributed by atoms with Gasteiger partial charge in [-0.3, -0.25) is 0 Å². The highest BCUT2D eigenvalue weighted by atomic mass is 16.5. The summed E-state index contributed by atoms with van der Waals surface area (Å²) >= 11 is 0. The molecular weight excluding hydrogens is 238 g/mol. The molecule has 1 aromatic carbocycles. The first-order valence-electron chi connectivity index (χ1n) is 6.70. The maximum absolute atomic E-state index is 5.26. The van der Waals surface area contributed by atoms with Crippen molar-refractivity contribution in [3.05, 3.63) is 42.0 Å². The summed E-state index contributed by atoms with van der Waals surface area (Å²) in [5.74, 6) is 0.891. The first kappa shape index (κ1) is 12.2. The summed E-state index contributed by atoms with van der Waals surface area (Å²) in [5, 5.41) is 3.53. The molecule has 100 valence electrons. The predicted octanol–water partition coefficient (Wildman–Crippen LogP) is 2.61. The molecule has 4 heteroatoms. The normalized spacial score (nSPS) is 18.7. The maximum Gasteiger partial charge on any atom is 0.119 e. The quantitative estimate of drug-likeness (QED) is 0.918. The van der Waals surface area contributed by atoms with E-state index in [0.717, 1.165) is 12.3 Å². The van der Waals surface area contributed by atoms with Gasteiger partial charge in [-0.1, -0.05) is 0 Å². The van der Waals surface area contributed by atoms with Crippen molar-refractivity contribution < 1.29 is 4.74 Å². The van der Waals surface area contributed by atoms with Gasteiger partial charge in [0.05, 0.1) is 31.0 Å². The number of ether oxygens (including phenoxy) is 1. The van der Waals surface area contributed by atoms with Crippen molar-refractivity contribution >= 4 is 0 Å². The molecule has 0 saturated carbocycles. The van der Waals surface area contributed by atoms with E-state index < -0.39 is 0 Å². The summed E-state index contributed by atoms with van der Waals surface area (Å²) in [6.07, 6.45) is 6.27. The van der Waals surface area contributed by atoms with E-state index in [1.54, 1.807) is 7.11 Å². The van der Waals surface area contributed by atoms with E-state index in [1.165, 1.54) is 29.8 Å². The summed E-state index contributed by atoms with van der Waals surface area (Å²) in [6.45, 7) is 3.20. The second-order valence-electron chi connectivity index (χ2n) is 4.99. The molecule has 2 aromatic rings. The average Bonchev–Trinajstić information content (AvgIpc) is 3.08. The number of methoxy groups -OCH3 is 1. The third-order valence-electron chi connectivity index (χ3n) is 3.75. The third kappa shape index (κ3) is 2.24. The van der Waals surface area contributed by atoms with E-state index in [-0.39, 0.29) is 0 Å². The summed E-state index contributed by atoms with van der Waals surface area (Å²) in [4.78, 5) is 4.32. The lowest BCUT2D eigenvalue weighted by Crippen LogP contribution is -2.16. The van der Waals surface area contributed by atoms with Crippen LogP contribution in [0.15, 0.2) is 30.7 Å². The van der Waals surface area contributed by atoms with E-state index >= 15 is 0 Å². The molecule has 1 aliphatic heterocycles. The number of rotatable bonds is 3. The zero-order valence-electron chi connectivity index (χ0n) is 11.4. The van der Waals surface area contributed by atoms with Crippen LogP contribution < -0.4 is 10.1 Å². The van der Waals surface area contributed by atoms with Crippen LogP contribution in [0.3, 0.4) is 0 Å². The number of nitrogens with zero attached hydrogens (tertiary/aromatic N) is 2. The summed E-state index contributed by atoms with van der Waals surface area (Å²) < 4.78 is 7.44. The number of imidazole rings is 1. The molecule has 1 aliphatic rings. The van der Waals surface area contributed by atoms with E-state index in [0.29, 0.717) is 6.04 Å². The number of hydrogen-bond acceptors (Lipinski definition) is 3. The van der Waals surface area contributed by atoms with Gasteiger partial charge in [-0.15, -0.1) is 0 Å². The lowest BCUT2D eigenvalue weighted by molar-refractivity contribution is 0.414. The van der Waals surface area contributed by atoms with Crippen molar-refractivity contribution in [3.63, 3.8) is 0 Å². The average molecular weight is 257 g/mol. The number of aromatic nitrogens is 2. The van der Waals surface area contributed by atoms with Crippen molar-refractivity contribution in [2.24, 2.45) is 0 Å². The summed E-state index contributed by atoms with van der Waals surface area (Å²) in [7, 11) is 1.69. The van der Waals surface area contributed by atoms with Gasteiger partial charge in [0.15, 0.2) is 0 Å². The fraction of sp³-hybridized carbons (Fsp3) is 0.400. The Morgan fingerprint density at radius 1 is 1.42 bits per heavy atom. The van der Waals surface area contributed by atoms with Crippen molar-refractivity contribution in [1.82, 2.24) is 14.9 Å². The molecular formula is C15H19N3O. The minimum absolute atomic E-state index is 0.420. The van der Waals surface area contributed by atoms with Gasteiger partial charge < -0.3 is 14.6 Å². The lowest BCUT2D eigenvalue weighted by atomic mass is 10.1. The van der Waals surface area contributed by atoms with E-state index in [2.05, 4.69) is 33.9 Å². The van der Waals surface area contributed by atoms with Crippen LogP contribution >= 0.6 is 0 Å². The van der Waals surface area contributed by atoms with Crippen LogP contribution in [-0.2, 0) is 0 Å². The van der Waals surface area contributed by atoms with Gasteiger partial charge in [0.1, 0.15) is 5.75 Å². The van der Waals surface area contributed by atoms with Crippen LogP contribution in [0.5, 0.6) is 5.75 Å². The fourth-order valence-corrected chi connectivity index (χ4v) is 2.73. The molecule has 1 unspecified atom stereocenters. The Morgan fingerprint density at radius 2 is 2.32 bits per heavy atom. The second kappa shape index (κ2) is 5.05. The highest BCUT2D eigenvalue weighted by molar-refractivity contribution is 5.46. The van der Waals surface area contributed by atoms with E-state index in [1.807, 2.05) is 18.6 Å². The fourth-order valence-electron chi connectivity index (χ4n) is 2.73.